The highest BCUT2D eigenvalue weighted by Gasteiger charge is 2.05. The summed E-state index contributed by atoms with van der Waals surface area (Å²) in [5.41, 5.74) is 1.12. The summed E-state index contributed by atoms with van der Waals surface area (Å²) in [5, 5.41) is 2.84. The molecule has 0 atom stereocenters. The quantitative estimate of drug-likeness (QED) is 0.821. The Hall–Kier alpha value is -2.01. The lowest BCUT2D eigenvalue weighted by Crippen LogP contribution is -2.30. The molecule has 0 radical (unpaired) electrons. The molecule has 0 aromatic heterocycles. The van der Waals surface area contributed by atoms with E-state index in [4.69, 9.17) is 9.47 Å². The molecule has 0 spiro atoms. The van der Waals surface area contributed by atoms with E-state index in [-0.39, 0.29) is 12.5 Å². The topological polar surface area (TPSA) is 47.6 Å². The number of benzene rings is 2. The summed E-state index contributed by atoms with van der Waals surface area (Å²) in [6, 6.07) is 15.2. The van der Waals surface area contributed by atoms with Crippen molar-refractivity contribution in [3.63, 3.8) is 0 Å². The van der Waals surface area contributed by atoms with Gasteiger partial charge in [-0.15, -0.1) is 0 Å². The SMILES string of the molecule is COc1cccc(CCNC(=O)COc2ccccc2Br)c1. The number of ether oxygens (including phenoxy) is 2. The molecular formula is C17H18BrNO3. The number of halogens is 1. The average molecular weight is 364 g/mol. The Kier molecular flexibility index (Phi) is 6.27. The standard InChI is InChI=1S/C17H18BrNO3/c1-21-14-6-4-5-13(11-14)9-10-19-17(20)12-22-16-8-3-2-7-15(16)18/h2-8,11H,9-10,12H2,1H3,(H,19,20). The molecule has 0 aliphatic heterocycles. The molecule has 2 aromatic carbocycles. The van der Waals surface area contributed by atoms with Crippen molar-refractivity contribution in [1.82, 2.24) is 5.32 Å². The molecule has 0 bridgehead atoms. The summed E-state index contributed by atoms with van der Waals surface area (Å²) in [7, 11) is 1.64. The fourth-order valence-corrected chi connectivity index (χ4v) is 2.33. The summed E-state index contributed by atoms with van der Waals surface area (Å²) in [6.07, 6.45) is 0.748. The van der Waals surface area contributed by atoms with Gasteiger partial charge >= 0.3 is 0 Å². The molecule has 1 amide bonds. The third-order valence-electron chi connectivity index (χ3n) is 3.07. The predicted octanol–water partition coefficient (Wildman–Crippen LogP) is 3.20. The molecule has 0 saturated heterocycles. The molecule has 0 heterocycles. The Bertz CT molecular complexity index is 631. The van der Waals surface area contributed by atoms with E-state index in [0.717, 1.165) is 22.2 Å². The molecule has 0 unspecified atom stereocenters. The number of amides is 1. The van der Waals surface area contributed by atoms with Gasteiger partial charge in [-0.1, -0.05) is 24.3 Å². The van der Waals surface area contributed by atoms with E-state index >= 15 is 0 Å². The van der Waals surface area contributed by atoms with Crippen molar-refractivity contribution >= 4 is 21.8 Å². The fraction of sp³-hybridized carbons (Fsp3) is 0.235. The Morgan fingerprint density at radius 1 is 1.18 bits per heavy atom. The van der Waals surface area contributed by atoms with Crippen LogP contribution in [-0.2, 0) is 11.2 Å². The summed E-state index contributed by atoms with van der Waals surface area (Å²) in [4.78, 5) is 11.8. The van der Waals surface area contributed by atoms with Gasteiger partial charge in [0.1, 0.15) is 11.5 Å². The first kappa shape index (κ1) is 16.4. The summed E-state index contributed by atoms with van der Waals surface area (Å²) >= 11 is 3.37. The van der Waals surface area contributed by atoms with Crippen LogP contribution in [0.4, 0.5) is 0 Å². The highest BCUT2D eigenvalue weighted by Crippen LogP contribution is 2.23. The van der Waals surface area contributed by atoms with Crippen molar-refractivity contribution in [1.29, 1.82) is 0 Å². The average Bonchev–Trinajstić information content (AvgIpc) is 2.54. The van der Waals surface area contributed by atoms with E-state index in [0.29, 0.717) is 12.3 Å². The maximum atomic E-state index is 11.8. The van der Waals surface area contributed by atoms with Crippen LogP contribution in [-0.4, -0.2) is 26.2 Å². The molecule has 22 heavy (non-hydrogen) atoms. The Morgan fingerprint density at radius 3 is 2.77 bits per heavy atom. The van der Waals surface area contributed by atoms with Crippen molar-refractivity contribution in [2.24, 2.45) is 0 Å². The first-order chi connectivity index (χ1) is 10.7. The third-order valence-corrected chi connectivity index (χ3v) is 3.72. The molecule has 0 fully saturated rings. The number of methoxy groups -OCH3 is 1. The van der Waals surface area contributed by atoms with Crippen LogP contribution in [0.1, 0.15) is 5.56 Å². The highest BCUT2D eigenvalue weighted by molar-refractivity contribution is 9.10. The minimum atomic E-state index is -0.140. The number of para-hydroxylation sites is 1. The van der Waals surface area contributed by atoms with E-state index in [1.165, 1.54) is 0 Å². The van der Waals surface area contributed by atoms with Gasteiger partial charge in [0, 0.05) is 6.54 Å². The van der Waals surface area contributed by atoms with Gasteiger partial charge in [0.2, 0.25) is 0 Å². The first-order valence-corrected chi connectivity index (χ1v) is 7.75. The second-order valence-corrected chi connectivity index (χ2v) is 5.52. The lowest BCUT2D eigenvalue weighted by molar-refractivity contribution is -0.123. The summed E-state index contributed by atoms with van der Waals surface area (Å²) < 4.78 is 11.5. The van der Waals surface area contributed by atoms with Gasteiger partial charge in [0.25, 0.3) is 5.91 Å². The molecule has 0 saturated carbocycles. The minimum Gasteiger partial charge on any atom is -0.497 e. The Morgan fingerprint density at radius 2 is 2.00 bits per heavy atom. The normalized spacial score (nSPS) is 10.1. The third kappa shape index (κ3) is 5.07. The van der Waals surface area contributed by atoms with E-state index < -0.39 is 0 Å². The predicted molar refractivity (Wildman–Crippen MR) is 89.3 cm³/mol. The number of nitrogens with one attached hydrogen (secondary N) is 1. The second kappa shape index (κ2) is 8.44. The molecular weight excluding hydrogens is 346 g/mol. The van der Waals surface area contributed by atoms with Crippen molar-refractivity contribution < 1.29 is 14.3 Å². The van der Waals surface area contributed by atoms with Crippen molar-refractivity contribution in [3.8, 4) is 11.5 Å². The second-order valence-electron chi connectivity index (χ2n) is 4.67. The van der Waals surface area contributed by atoms with Gasteiger partial charge in [-0.2, -0.15) is 0 Å². The van der Waals surface area contributed by atoms with Gasteiger partial charge in [-0.3, -0.25) is 4.79 Å². The van der Waals surface area contributed by atoms with Gasteiger partial charge in [-0.25, -0.2) is 0 Å². The first-order valence-electron chi connectivity index (χ1n) is 6.96. The Labute approximate surface area is 138 Å². The summed E-state index contributed by atoms with van der Waals surface area (Å²) in [6.45, 7) is 0.562. The van der Waals surface area contributed by atoms with Gasteiger partial charge in [0.15, 0.2) is 6.61 Å². The minimum absolute atomic E-state index is 0.000718. The van der Waals surface area contributed by atoms with Crippen LogP contribution in [0, 0.1) is 0 Å². The van der Waals surface area contributed by atoms with Gasteiger partial charge in [0.05, 0.1) is 11.6 Å². The maximum absolute atomic E-state index is 11.8. The molecule has 0 aliphatic rings. The lowest BCUT2D eigenvalue weighted by Gasteiger charge is -2.09. The largest absolute Gasteiger partial charge is 0.497 e. The Balaban J connectivity index is 1.72. The molecule has 4 nitrogen and oxygen atoms in total. The zero-order valence-corrected chi connectivity index (χ0v) is 13.9. The number of hydrogen-bond donors (Lipinski definition) is 1. The maximum Gasteiger partial charge on any atom is 0.257 e. The number of rotatable bonds is 7. The van der Waals surface area contributed by atoms with E-state index in [1.54, 1.807) is 7.11 Å². The fourth-order valence-electron chi connectivity index (χ4n) is 1.93. The lowest BCUT2D eigenvalue weighted by atomic mass is 10.1. The number of carbonyl (C=O) groups excluding carboxylic acids is 1. The van der Waals surface area contributed by atoms with Crippen LogP contribution in [0.15, 0.2) is 53.0 Å². The molecule has 5 heteroatoms. The van der Waals surface area contributed by atoms with Crippen LogP contribution in [0.3, 0.4) is 0 Å². The molecule has 1 N–H and O–H groups in total. The van der Waals surface area contributed by atoms with Crippen LogP contribution in [0.5, 0.6) is 11.5 Å². The molecule has 2 rings (SSSR count). The van der Waals surface area contributed by atoms with E-state index in [2.05, 4.69) is 21.2 Å². The number of hydrogen-bond acceptors (Lipinski definition) is 3. The molecule has 116 valence electrons. The van der Waals surface area contributed by atoms with Crippen LogP contribution in [0.25, 0.3) is 0 Å². The van der Waals surface area contributed by atoms with Crippen molar-refractivity contribution in [3.05, 3.63) is 58.6 Å². The highest BCUT2D eigenvalue weighted by atomic mass is 79.9. The van der Waals surface area contributed by atoms with Gasteiger partial charge < -0.3 is 14.8 Å². The zero-order chi connectivity index (χ0) is 15.8. The summed E-state index contributed by atoms with van der Waals surface area (Å²) in [5.74, 6) is 1.34. The zero-order valence-electron chi connectivity index (χ0n) is 12.3. The van der Waals surface area contributed by atoms with E-state index in [9.17, 15) is 4.79 Å². The monoisotopic (exact) mass is 363 g/mol. The van der Waals surface area contributed by atoms with Crippen molar-refractivity contribution in [2.45, 2.75) is 6.42 Å². The van der Waals surface area contributed by atoms with E-state index in [1.807, 2.05) is 48.5 Å². The van der Waals surface area contributed by atoms with Crippen molar-refractivity contribution in [2.75, 3.05) is 20.3 Å². The van der Waals surface area contributed by atoms with Gasteiger partial charge in [-0.05, 0) is 52.2 Å². The molecule has 2 aromatic rings. The van der Waals surface area contributed by atoms with Crippen LogP contribution >= 0.6 is 15.9 Å². The van der Waals surface area contributed by atoms with Crippen LogP contribution in [0.2, 0.25) is 0 Å². The van der Waals surface area contributed by atoms with Crippen LogP contribution < -0.4 is 14.8 Å². The smallest absolute Gasteiger partial charge is 0.257 e. The number of carbonyl (C=O) groups is 1. The molecule has 0 aliphatic carbocycles.